The van der Waals surface area contributed by atoms with E-state index in [0.717, 1.165) is 0 Å². The second-order valence-electron chi connectivity index (χ2n) is 0.970. The first kappa shape index (κ1) is 6.84. The first-order valence-electron chi connectivity index (χ1n) is 1.87. The lowest BCUT2D eigenvalue weighted by molar-refractivity contribution is -0.123. The van der Waals surface area contributed by atoms with Crippen molar-refractivity contribution in [1.82, 2.24) is 5.43 Å². The Kier molecular flexibility index (Phi) is 3.92. The molecule has 0 unspecified atom stereocenters. The van der Waals surface area contributed by atoms with E-state index < -0.39 is 6.41 Å². The van der Waals surface area contributed by atoms with Gasteiger partial charge in [-0.2, -0.15) is 0 Å². The molecule has 4 heteroatoms. The van der Waals surface area contributed by atoms with Crippen molar-refractivity contribution >= 4 is 0 Å². The summed E-state index contributed by atoms with van der Waals surface area (Å²) in [4.78, 5) is 0. The van der Waals surface area contributed by atoms with E-state index >= 15 is 0 Å². The second-order valence-corrected chi connectivity index (χ2v) is 0.970. The summed E-state index contributed by atoms with van der Waals surface area (Å²) < 4.78 is 9.18. The fraction of sp³-hybridized carbons (Fsp3) is 1.00. The summed E-state index contributed by atoms with van der Waals surface area (Å²) in [5.74, 6) is 4.89. The van der Waals surface area contributed by atoms with Gasteiger partial charge in [-0.1, -0.05) is 0 Å². The number of nitrogens with two attached hydrogens (primary N) is 1. The van der Waals surface area contributed by atoms with Gasteiger partial charge >= 0.3 is 0 Å². The average Bonchev–Trinajstić information content (AvgIpc) is 1.72. The number of ether oxygens (including phenoxy) is 2. The summed E-state index contributed by atoms with van der Waals surface area (Å²) >= 11 is 0. The van der Waals surface area contributed by atoms with E-state index in [1.165, 1.54) is 14.2 Å². The van der Waals surface area contributed by atoms with Crippen LogP contribution in [0.3, 0.4) is 0 Å². The topological polar surface area (TPSA) is 56.5 Å². The van der Waals surface area contributed by atoms with Crippen molar-refractivity contribution < 1.29 is 9.47 Å². The predicted octanol–water partition coefficient (Wildman–Crippen LogP) is -0.974. The Morgan fingerprint density at radius 1 is 1.43 bits per heavy atom. The van der Waals surface area contributed by atoms with Gasteiger partial charge in [-0.25, -0.2) is 5.43 Å². The highest BCUT2D eigenvalue weighted by atomic mass is 16.7. The van der Waals surface area contributed by atoms with E-state index in [4.69, 9.17) is 5.84 Å². The number of rotatable bonds is 3. The zero-order valence-electron chi connectivity index (χ0n) is 4.47. The molecular weight excluding hydrogens is 96.0 g/mol. The van der Waals surface area contributed by atoms with Crippen molar-refractivity contribution in [2.24, 2.45) is 5.84 Å². The maximum absolute atomic E-state index is 4.89. The molecule has 0 aliphatic rings. The van der Waals surface area contributed by atoms with E-state index in [1.807, 2.05) is 0 Å². The summed E-state index contributed by atoms with van der Waals surface area (Å²) in [6, 6.07) is 0. The highest BCUT2D eigenvalue weighted by molar-refractivity contribution is 4.21. The van der Waals surface area contributed by atoms with Crippen LogP contribution in [0.1, 0.15) is 0 Å². The second kappa shape index (κ2) is 4.01. The van der Waals surface area contributed by atoms with Crippen LogP contribution in [-0.4, -0.2) is 20.6 Å². The van der Waals surface area contributed by atoms with Crippen molar-refractivity contribution in [2.45, 2.75) is 6.41 Å². The molecule has 0 aromatic rings. The van der Waals surface area contributed by atoms with Crippen molar-refractivity contribution in [1.29, 1.82) is 0 Å². The van der Waals surface area contributed by atoms with Crippen LogP contribution < -0.4 is 11.3 Å². The molecule has 4 nitrogen and oxygen atoms in total. The normalized spacial score (nSPS) is 10.3. The SMILES string of the molecule is COC(NN)OC. The molecular formula is C3H10N2O2. The fourth-order valence-electron chi connectivity index (χ4n) is 0.232. The molecule has 0 aliphatic carbocycles. The van der Waals surface area contributed by atoms with Gasteiger partial charge in [0.15, 0.2) is 0 Å². The van der Waals surface area contributed by atoms with E-state index in [1.54, 1.807) is 0 Å². The third-order valence-electron chi connectivity index (χ3n) is 0.564. The molecule has 44 valence electrons. The summed E-state index contributed by atoms with van der Waals surface area (Å²) in [6.45, 7) is 0. The molecule has 0 heterocycles. The summed E-state index contributed by atoms with van der Waals surface area (Å²) in [5, 5.41) is 0. The third-order valence-corrected chi connectivity index (χ3v) is 0.564. The van der Waals surface area contributed by atoms with Crippen molar-refractivity contribution in [3.05, 3.63) is 0 Å². The van der Waals surface area contributed by atoms with Gasteiger partial charge < -0.3 is 9.47 Å². The van der Waals surface area contributed by atoms with E-state index in [2.05, 4.69) is 14.9 Å². The number of hydrogen-bond acceptors (Lipinski definition) is 4. The zero-order valence-corrected chi connectivity index (χ0v) is 4.47. The monoisotopic (exact) mass is 106 g/mol. The quantitative estimate of drug-likeness (QED) is 0.276. The molecule has 0 aliphatic heterocycles. The van der Waals surface area contributed by atoms with Crippen molar-refractivity contribution in [3.63, 3.8) is 0 Å². The minimum atomic E-state index is -0.486. The van der Waals surface area contributed by atoms with Gasteiger partial charge in [0.25, 0.3) is 0 Å². The van der Waals surface area contributed by atoms with E-state index in [9.17, 15) is 0 Å². The standard InChI is InChI=1S/C3H10N2O2/c1-6-3(5-4)7-2/h3,5H,4H2,1-2H3. The molecule has 0 aromatic heterocycles. The molecule has 0 fully saturated rings. The van der Waals surface area contributed by atoms with Crippen LogP contribution in [-0.2, 0) is 9.47 Å². The molecule has 0 radical (unpaired) electrons. The lowest BCUT2D eigenvalue weighted by atomic mass is 11.1. The van der Waals surface area contributed by atoms with E-state index in [-0.39, 0.29) is 0 Å². The largest absolute Gasteiger partial charge is 0.342 e. The first-order chi connectivity index (χ1) is 3.35. The van der Waals surface area contributed by atoms with Crippen molar-refractivity contribution in [2.75, 3.05) is 14.2 Å². The Morgan fingerprint density at radius 3 is 1.86 bits per heavy atom. The smallest absolute Gasteiger partial charge is 0.228 e. The van der Waals surface area contributed by atoms with Gasteiger partial charge in [-0.15, -0.1) is 0 Å². The zero-order chi connectivity index (χ0) is 5.70. The fourth-order valence-corrected chi connectivity index (χ4v) is 0.232. The number of methoxy groups -OCH3 is 2. The van der Waals surface area contributed by atoms with E-state index in [0.29, 0.717) is 0 Å². The minimum absolute atomic E-state index is 0.486. The molecule has 0 aromatic carbocycles. The summed E-state index contributed by atoms with van der Waals surface area (Å²) in [6.07, 6.45) is -0.486. The summed E-state index contributed by atoms with van der Waals surface area (Å²) in [5.41, 5.74) is 2.26. The van der Waals surface area contributed by atoms with Gasteiger partial charge in [-0.05, 0) is 0 Å². The van der Waals surface area contributed by atoms with Crippen LogP contribution >= 0.6 is 0 Å². The molecule has 0 saturated heterocycles. The lowest BCUT2D eigenvalue weighted by Gasteiger charge is -2.09. The maximum atomic E-state index is 4.89. The lowest BCUT2D eigenvalue weighted by Crippen LogP contribution is -2.37. The Morgan fingerprint density at radius 2 is 1.86 bits per heavy atom. The van der Waals surface area contributed by atoms with Crippen LogP contribution in [0.2, 0.25) is 0 Å². The van der Waals surface area contributed by atoms with Gasteiger partial charge in [0.05, 0.1) is 0 Å². The van der Waals surface area contributed by atoms with Gasteiger partial charge in [0, 0.05) is 14.2 Å². The van der Waals surface area contributed by atoms with Crippen LogP contribution in [0.25, 0.3) is 0 Å². The van der Waals surface area contributed by atoms with Gasteiger partial charge in [0.2, 0.25) is 6.41 Å². The Bertz CT molecular complexity index is 32.4. The molecule has 7 heavy (non-hydrogen) atoms. The van der Waals surface area contributed by atoms with Gasteiger partial charge in [0.1, 0.15) is 0 Å². The average molecular weight is 106 g/mol. The van der Waals surface area contributed by atoms with Crippen LogP contribution in [0.15, 0.2) is 0 Å². The van der Waals surface area contributed by atoms with Crippen LogP contribution in [0, 0.1) is 0 Å². The summed E-state index contributed by atoms with van der Waals surface area (Å²) in [7, 11) is 2.99. The highest BCUT2D eigenvalue weighted by Crippen LogP contribution is 1.77. The molecule has 0 rings (SSSR count). The van der Waals surface area contributed by atoms with Crippen LogP contribution in [0.4, 0.5) is 0 Å². The molecule has 0 amide bonds. The first-order valence-corrected chi connectivity index (χ1v) is 1.87. The molecule has 0 atom stereocenters. The number of hydrogen-bond donors (Lipinski definition) is 2. The highest BCUT2D eigenvalue weighted by Gasteiger charge is 1.95. The third kappa shape index (κ3) is 2.52. The Labute approximate surface area is 42.6 Å². The molecule has 3 N–H and O–H groups in total. The van der Waals surface area contributed by atoms with Crippen LogP contribution in [0.5, 0.6) is 0 Å². The molecule has 0 saturated carbocycles. The predicted molar refractivity (Wildman–Crippen MR) is 25.1 cm³/mol. The molecule has 0 spiro atoms. The Balaban J connectivity index is 2.99. The minimum Gasteiger partial charge on any atom is -0.342 e. The van der Waals surface area contributed by atoms with Gasteiger partial charge in [-0.3, -0.25) is 5.84 Å². The maximum Gasteiger partial charge on any atom is 0.228 e. The Hall–Kier alpha value is -0.160. The molecule has 0 bridgehead atoms. The number of hydrazine groups is 1. The van der Waals surface area contributed by atoms with Crippen molar-refractivity contribution in [3.8, 4) is 0 Å². The number of nitrogens with one attached hydrogen (secondary N) is 1.